The molecule has 1 aromatic rings. The lowest BCUT2D eigenvalue weighted by molar-refractivity contribution is 0.196. The highest BCUT2D eigenvalue weighted by Gasteiger charge is 2.26. The highest BCUT2D eigenvalue weighted by atomic mass is 79.9. The van der Waals surface area contributed by atoms with Crippen LogP contribution in [0, 0.1) is 0 Å². The summed E-state index contributed by atoms with van der Waals surface area (Å²) in [4.78, 5) is 4.20. The fourth-order valence-electron chi connectivity index (χ4n) is 1.33. The van der Waals surface area contributed by atoms with Crippen molar-refractivity contribution in [1.82, 2.24) is 4.98 Å². The number of alkyl halides is 1. The Morgan fingerprint density at radius 2 is 2.43 bits per heavy atom. The molecule has 0 saturated carbocycles. The van der Waals surface area contributed by atoms with Gasteiger partial charge < -0.3 is 10.1 Å². The summed E-state index contributed by atoms with van der Waals surface area (Å²) in [6.07, 6.45) is 1.74. The normalized spacial score (nSPS) is 26.4. The number of halogens is 2. The molecule has 1 saturated heterocycles. The van der Waals surface area contributed by atoms with Gasteiger partial charge in [0, 0.05) is 6.20 Å². The number of nitrogens with zero attached hydrogens (tertiary/aromatic N) is 1. The first-order valence-corrected chi connectivity index (χ1v) is 5.59. The molecule has 76 valence electrons. The predicted molar refractivity (Wildman–Crippen MR) is 59.8 cm³/mol. The van der Waals surface area contributed by atoms with Gasteiger partial charge in [-0.05, 0) is 28.1 Å². The van der Waals surface area contributed by atoms with Gasteiger partial charge in [-0.3, -0.25) is 0 Å². The first-order chi connectivity index (χ1) is 6.77. The molecule has 0 bridgehead atoms. The summed E-state index contributed by atoms with van der Waals surface area (Å²) in [5, 5.41) is 3.26. The van der Waals surface area contributed by atoms with E-state index in [2.05, 4.69) is 26.2 Å². The third kappa shape index (κ3) is 2.19. The molecular formula is C9H10BrClN2O. The van der Waals surface area contributed by atoms with Crippen molar-refractivity contribution in [2.45, 2.75) is 11.4 Å². The Labute approximate surface area is 95.9 Å². The van der Waals surface area contributed by atoms with E-state index in [0.717, 1.165) is 10.3 Å². The van der Waals surface area contributed by atoms with E-state index in [4.69, 9.17) is 16.3 Å². The van der Waals surface area contributed by atoms with Gasteiger partial charge >= 0.3 is 0 Å². The van der Waals surface area contributed by atoms with Crippen molar-refractivity contribution in [3.63, 3.8) is 0 Å². The van der Waals surface area contributed by atoms with Crippen LogP contribution >= 0.6 is 27.5 Å². The first kappa shape index (κ1) is 10.2. The Kier molecular flexibility index (Phi) is 3.26. The zero-order chi connectivity index (χ0) is 9.97. The summed E-state index contributed by atoms with van der Waals surface area (Å²) in [6, 6.07) is 3.95. The van der Waals surface area contributed by atoms with Gasteiger partial charge in [-0.15, -0.1) is 11.6 Å². The van der Waals surface area contributed by atoms with Gasteiger partial charge in [0.05, 0.1) is 29.1 Å². The summed E-state index contributed by atoms with van der Waals surface area (Å²) in [5.41, 5.74) is 0. The second-order valence-corrected chi connectivity index (χ2v) is 4.55. The van der Waals surface area contributed by atoms with E-state index in [0.29, 0.717) is 13.2 Å². The minimum absolute atomic E-state index is 0.0175. The van der Waals surface area contributed by atoms with E-state index in [9.17, 15) is 0 Å². The molecular weight excluding hydrogens is 267 g/mol. The Bertz CT molecular complexity index is 323. The zero-order valence-electron chi connectivity index (χ0n) is 7.41. The van der Waals surface area contributed by atoms with Crippen molar-refractivity contribution in [2.24, 2.45) is 0 Å². The van der Waals surface area contributed by atoms with Crippen LogP contribution < -0.4 is 5.32 Å². The van der Waals surface area contributed by atoms with Crippen molar-refractivity contribution in [3.05, 3.63) is 22.8 Å². The van der Waals surface area contributed by atoms with Gasteiger partial charge in [-0.2, -0.15) is 0 Å². The molecule has 0 radical (unpaired) electrons. The molecule has 3 nitrogen and oxygen atoms in total. The van der Waals surface area contributed by atoms with Gasteiger partial charge in [0.2, 0.25) is 0 Å². The second-order valence-electron chi connectivity index (χ2n) is 3.14. The van der Waals surface area contributed by atoms with Crippen molar-refractivity contribution < 1.29 is 4.74 Å². The average molecular weight is 278 g/mol. The highest BCUT2D eigenvalue weighted by molar-refractivity contribution is 9.10. The first-order valence-electron chi connectivity index (χ1n) is 4.36. The number of rotatable bonds is 2. The van der Waals surface area contributed by atoms with E-state index < -0.39 is 0 Å². The number of ether oxygens (including phenoxy) is 1. The number of aromatic nitrogens is 1. The fraction of sp³-hybridized carbons (Fsp3) is 0.444. The number of anilines is 1. The molecule has 1 aliphatic heterocycles. The van der Waals surface area contributed by atoms with Crippen LogP contribution in [0.15, 0.2) is 22.8 Å². The summed E-state index contributed by atoms with van der Waals surface area (Å²) in [6.45, 7) is 1.24. The number of hydrogen-bond acceptors (Lipinski definition) is 3. The lowest BCUT2D eigenvalue weighted by atomic mass is 10.2. The van der Waals surface area contributed by atoms with Gasteiger partial charge in [-0.25, -0.2) is 4.98 Å². The van der Waals surface area contributed by atoms with Crippen molar-refractivity contribution >= 4 is 33.3 Å². The maximum absolute atomic E-state index is 6.05. The van der Waals surface area contributed by atoms with Gasteiger partial charge in [0.25, 0.3) is 0 Å². The summed E-state index contributed by atoms with van der Waals surface area (Å²) in [5.74, 6) is 0.814. The van der Waals surface area contributed by atoms with Crippen LogP contribution in [0.5, 0.6) is 0 Å². The van der Waals surface area contributed by atoms with Crippen LogP contribution in [0.4, 0.5) is 5.82 Å². The molecule has 2 heterocycles. The largest absolute Gasteiger partial charge is 0.378 e. The molecule has 1 N–H and O–H groups in total. The van der Waals surface area contributed by atoms with Gasteiger partial charge in [0.1, 0.15) is 5.82 Å². The second kappa shape index (κ2) is 4.47. The quantitative estimate of drug-likeness (QED) is 0.842. The van der Waals surface area contributed by atoms with Crippen LogP contribution in [0.2, 0.25) is 0 Å². The Morgan fingerprint density at radius 1 is 1.57 bits per heavy atom. The molecule has 14 heavy (non-hydrogen) atoms. The van der Waals surface area contributed by atoms with E-state index in [1.807, 2.05) is 12.1 Å². The number of hydrogen-bond donors (Lipinski definition) is 1. The summed E-state index contributed by atoms with van der Waals surface area (Å²) >= 11 is 9.46. The van der Waals surface area contributed by atoms with E-state index in [1.165, 1.54) is 0 Å². The lowest BCUT2D eigenvalue weighted by Crippen LogP contribution is -2.28. The van der Waals surface area contributed by atoms with Crippen molar-refractivity contribution in [2.75, 3.05) is 18.5 Å². The van der Waals surface area contributed by atoms with Crippen LogP contribution in [-0.4, -0.2) is 29.6 Å². The molecule has 1 aliphatic rings. The number of nitrogens with one attached hydrogen (secondary N) is 1. The van der Waals surface area contributed by atoms with E-state index in [-0.39, 0.29) is 11.4 Å². The molecule has 1 aromatic heterocycles. The lowest BCUT2D eigenvalue weighted by Gasteiger charge is -2.15. The monoisotopic (exact) mass is 276 g/mol. The van der Waals surface area contributed by atoms with E-state index >= 15 is 0 Å². The smallest absolute Gasteiger partial charge is 0.140 e. The molecule has 1 fully saturated rings. The SMILES string of the molecule is ClC1COCC1Nc1ncccc1Br. The standard InChI is InChI=1S/C9H10BrClN2O/c10-6-2-1-3-12-9(6)13-8-5-14-4-7(8)11/h1-3,7-8H,4-5H2,(H,12,13). The molecule has 0 amide bonds. The van der Waals surface area contributed by atoms with Gasteiger partial charge in [0.15, 0.2) is 0 Å². The minimum Gasteiger partial charge on any atom is -0.378 e. The van der Waals surface area contributed by atoms with Crippen molar-refractivity contribution in [3.8, 4) is 0 Å². The predicted octanol–water partition coefficient (Wildman–Crippen LogP) is 2.26. The zero-order valence-corrected chi connectivity index (χ0v) is 9.75. The van der Waals surface area contributed by atoms with Crippen LogP contribution in [-0.2, 0) is 4.74 Å². The molecule has 0 aliphatic carbocycles. The van der Waals surface area contributed by atoms with Crippen molar-refractivity contribution in [1.29, 1.82) is 0 Å². The van der Waals surface area contributed by atoms with Crippen LogP contribution in [0.1, 0.15) is 0 Å². The molecule has 2 atom stereocenters. The van der Waals surface area contributed by atoms with E-state index in [1.54, 1.807) is 6.20 Å². The highest BCUT2D eigenvalue weighted by Crippen LogP contribution is 2.22. The molecule has 2 unspecified atom stereocenters. The number of pyridine rings is 1. The maximum Gasteiger partial charge on any atom is 0.140 e. The molecule has 0 spiro atoms. The molecule has 2 rings (SSSR count). The maximum atomic E-state index is 6.05. The van der Waals surface area contributed by atoms with Crippen LogP contribution in [0.3, 0.4) is 0 Å². The summed E-state index contributed by atoms with van der Waals surface area (Å²) < 4.78 is 6.18. The molecule has 5 heteroatoms. The average Bonchev–Trinajstić information content (AvgIpc) is 2.56. The van der Waals surface area contributed by atoms with Gasteiger partial charge in [-0.1, -0.05) is 0 Å². The minimum atomic E-state index is 0.0175. The fourth-order valence-corrected chi connectivity index (χ4v) is 1.92. The Morgan fingerprint density at radius 3 is 3.07 bits per heavy atom. The topological polar surface area (TPSA) is 34.1 Å². The third-order valence-corrected chi connectivity index (χ3v) is 3.16. The summed E-state index contributed by atoms with van der Waals surface area (Å²) in [7, 11) is 0. The third-order valence-electron chi connectivity index (χ3n) is 2.09. The molecule has 0 aromatic carbocycles. The Hall–Kier alpha value is -0.320. The van der Waals surface area contributed by atoms with Crippen LogP contribution in [0.25, 0.3) is 0 Å². The Balaban J connectivity index is 2.07.